The molecule has 0 saturated carbocycles. The molecule has 2 N–H and O–H groups in total. The Kier molecular flexibility index (Phi) is 2.93. The normalized spacial score (nSPS) is 11.8. The van der Waals surface area contributed by atoms with Crippen LogP contribution < -0.4 is 5.32 Å². The Balaban J connectivity index is 1.85. The number of rotatable bonds is 1. The first-order chi connectivity index (χ1) is 9.95. The number of nitrogens with one attached hydrogen (secondary N) is 2. The molecule has 0 spiro atoms. The molecule has 108 valence electrons. The van der Waals surface area contributed by atoms with Gasteiger partial charge in [0.1, 0.15) is 5.69 Å². The lowest BCUT2D eigenvalue weighted by molar-refractivity contribution is -0.141. The lowest BCUT2D eigenvalue weighted by Crippen LogP contribution is -2.18. The molecule has 0 radical (unpaired) electrons. The Labute approximate surface area is 116 Å². The van der Waals surface area contributed by atoms with Crippen LogP contribution in [0, 0.1) is 0 Å². The molecule has 0 fully saturated rings. The third kappa shape index (κ3) is 2.47. The zero-order valence-electron chi connectivity index (χ0n) is 10.5. The van der Waals surface area contributed by atoms with E-state index >= 15 is 0 Å². The fourth-order valence-electron chi connectivity index (χ4n) is 1.96. The van der Waals surface area contributed by atoms with E-state index in [2.05, 4.69) is 10.4 Å². The van der Waals surface area contributed by atoms with Gasteiger partial charge in [0.15, 0.2) is 5.82 Å². The van der Waals surface area contributed by atoms with E-state index < -0.39 is 17.9 Å². The second-order valence-corrected chi connectivity index (χ2v) is 4.34. The van der Waals surface area contributed by atoms with E-state index in [4.69, 9.17) is 0 Å². The van der Waals surface area contributed by atoms with Gasteiger partial charge in [0.25, 0.3) is 0 Å². The third-order valence-corrected chi connectivity index (χ3v) is 2.94. The maximum absolute atomic E-state index is 12.4. The van der Waals surface area contributed by atoms with Crippen molar-refractivity contribution in [3.05, 3.63) is 48.3 Å². The number of para-hydroxylation sites is 1. The molecular weight excluding hydrogens is 285 g/mol. The maximum Gasteiger partial charge on any atom is 0.432 e. The Hall–Kier alpha value is -2.77. The fourth-order valence-corrected chi connectivity index (χ4v) is 1.96. The van der Waals surface area contributed by atoms with Crippen LogP contribution in [0.2, 0.25) is 0 Å². The highest BCUT2D eigenvalue weighted by molar-refractivity contribution is 5.97. The number of anilines is 1. The number of amides is 1. The highest BCUT2D eigenvalue weighted by atomic mass is 19.4. The number of fused-ring (bicyclic) bond motifs is 1. The van der Waals surface area contributed by atoms with Gasteiger partial charge in [-0.3, -0.25) is 15.0 Å². The van der Waals surface area contributed by atoms with Crippen molar-refractivity contribution < 1.29 is 18.0 Å². The van der Waals surface area contributed by atoms with Gasteiger partial charge in [-0.2, -0.15) is 18.3 Å². The summed E-state index contributed by atoms with van der Waals surface area (Å²) in [6, 6.07) is 9.05. The minimum atomic E-state index is -4.53. The number of hydrogen-bond donors (Lipinski definition) is 2. The monoisotopic (exact) mass is 294 g/mol. The summed E-state index contributed by atoms with van der Waals surface area (Å²) in [5, 5.41) is 8.42. The lowest BCUT2D eigenvalue weighted by Gasteiger charge is -2.04. The van der Waals surface area contributed by atoms with Gasteiger partial charge in [0.2, 0.25) is 0 Å². The summed E-state index contributed by atoms with van der Waals surface area (Å²) < 4.78 is 38.6. The van der Waals surface area contributed by atoms with Gasteiger partial charge in [-0.25, -0.2) is 4.79 Å². The van der Waals surface area contributed by atoms with E-state index in [0.717, 1.165) is 11.5 Å². The van der Waals surface area contributed by atoms with Crippen molar-refractivity contribution in [3.8, 4) is 0 Å². The predicted molar refractivity (Wildman–Crippen MR) is 69.9 cm³/mol. The van der Waals surface area contributed by atoms with Crippen molar-refractivity contribution in [2.45, 2.75) is 6.18 Å². The van der Waals surface area contributed by atoms with E-state index in [1.54, 1.807) is 18.2 Å². The van der Waals surface area contributed by atoms with Gasteiger partial charge in [-0.15, -0.1) is 0 Å². The zero-order chi connectivity index (χ0) is 15.0. The molecule has 0 saturated heterocycles. The molecule has 0 aliphatic rings. The van der Waals surface area contributed by atoms with Crippen LogP contribution in [0.1, 0.15) is 5.69 Å². The Bertz CT molecular complexity index is 803. The van der Waals surface area contributed by atoms with E-state index in [-0.39, 0.29) is 5.82 Å². The van der Waals surface area contributed by atoms with Gasteiger partial charge in [-0.1, -0.05) is 18.2 Å². The van der Waals surface area contributed by atoms with Gasteiger partial charge in [0, 0.05) is 17.6 Å². The molecule has 0 aliphatic heterocycles. The number of nitrogens with zero attached hydrogens (tertiary/aromatic N) is 2. The maximum atomic E-state index is 12.4. The number of aromatic amines is 1. The highest BCUT2D eigenvalue weighted by Gasteiger charge is 2.33. The van der Waals surface area contributed by atoms with Crippen molar-refractivity contribution >= 4 is 22.8 Å². The molecule has 3 rings (SSSR count). The zero-order valence-corrected chi connectivity index (χ0v) is 10.5. The molecule has 0 atom stereocenters. The summed E-state index contributed by atoms with van der Waals surface area (Å²) in [7, 11) is 0. The summed E-state index contributed by atoms with van der Waals surface area (Å²) in [6.07, 6.45) is -2.99. The van der Waals surface area contributed by atoms with Crippen LogP contribution in [0.5, 0.6) is 0 Å². The van der Waals surface area contributed by atoms with Crippen molar-refractivity contribution in [1.82, 2.24) is 14.8 Å². The molecule has 0 bridgehead atoms. The molecular formula is C13H9F3N4O. The molecule has 5 nitrogen and oxygen atoms in total. The Morgan fingerprint density at radius 2 is 2.00 bits per heavy atom. The second-order valence-electron chi connectivity index (χ2n) is 4.34. The largest absolute Gasteiger partial charge is 0.432 e. The predicted octanol–water partition coefficient (Wildman–Crippen LogP) is 3.46. The van der Waals surface area contributed by atoms with Crippen LogP contribution in [-0.4, -0.2) is 20.8 Å². The summed E-state index contributed by atoms with van der Waals surface area (Å²) in [5.74, 6) is -0.190. The molecule has 0 unspecified atom stereocenters. The smallest absolute Gasteiger partial charge is 0.290 e. The van der Waals surface area contributed by atoms with Crippen molar-refractivity contribution in [2.75, 3.05) is 5.32 Å². The summed E-state index contributed by atoms with van der Waals surface area (Å²) in [6.45, 7) is 0. The number of H-pyrrole nitrogens is 1. The molecule has 2 aromatic heterocycles. The number of halogens is 3. The minimum absolute atomic E-state index is 0.190. The van der Waals surface area contributed by atoms with Gasteiger partial charge >= 0.3 is 12.2 Å². The van der Waals surface area contributed by atoms with Gasteiger partial charge < -0.3 is 0 Å². The number of hydrogen-bond acceptors (Lipinski definition) is 2. The number of alkyl halides is 3. The molecule has 3 aromatic rings. The average molecular weight is 294 g/mol. The Morgan fingerprint density at radius 3 is 2.71 bits per heavy atom. The van der Waals surface area contributed by atoms with Crippen molar-refractivity contribution in [1.29, 1.82) is 0 Å². The van der Waals surface area contributed by atoms with Crippen LogP contribution in [0.25, 0.3) is 10.9 Å². The summed E-state index contributed by atoms with van der Waals surface area (Å²) in [5.41, 5.74) is -0.364. The third-order valence-electron chi connectivity index (χ3n) is 2.94. The van der Waals surface area contributed by atoms with Crippen LogP contribution in [0.4, 0.5) is 23.8 Å². The van der Waals surface area contributed by atoms with Gasteiger partial charge in [-0.05, 0) is 12.1 Å². The van der Waals surface area contributed by atoms with Gasteiger partial charge in [0.05, 0.1) is 5.52 Å². The number of carbonyl (C=O) groups excluding carboxylic acids is 1. The van der Waals surface area contributed by atoms with Crippen LogP contribution in [0.15, 0.2) is 42.6 Å². The number of benzene rings is 1. The molecule has 8 heteroatoms. The van der Waals surface area contributed by atoms with E-state index in [9.17, 15) is 18.0 Å². The molecule has 1 amide bonds. The first-order valence-corrected chi connectivity index (χ1v) is 5.95. The minimum Gasteiger partial charge on any atom is -0.290 e. The van der Waals surface area contributed by atoms with E-state index in [0.29, 0.717) is 5.52 Å². The quantitative estimate of drug-likeness (QED) is 0.722. The first kappa shape index (κ1) is 13.2. The molecule has 21 heavy (non-hydrogen) atoms. The van der Waals surface area contributed by atoms with Crippen molar-refractivity contribution in [2.24, 2.45) is 0 Å². The number of aromatic nitrogens is 3. The highest BCUT2D eigenvalue weighted by Crippen LogP contribution is 2.28. The second kappa shape index (κ2) is 4.65. The molecule has 0 aliphatic carbocycles. The standard InChI is InChI=1S/C13H9F3N4O/c14-13(15,16)10-7-11(19-18-10)17-12(21)20-6-5-8-3-1-2-4-9(8)20/h1-7H,(H2,17,18,19,21). The van der Waals surface area contributed by atoms with E-state index in [1.807, 2.05) is 17.2 Å². The first-order valence-electron chi connectivity index (χ1n) is 5.95. The fraction of sp³-hybridized carbons (Fsp3) is 0.0769. The van der Waals surface area contributed by atoms with E-state index in [1.165, 1.54) is 10.8 Å². The topological polar surface area (TPSA) is 62.7 Å². The SMILES string of the molecule is O=C(Nc1cc(C(F)(F)F)[nH]n1)n1ccc2ccccc21. The molecule has 2 heterocycles. The summed E-state index contributed by atoms with van der Waals surface area (Å²) in [4.78, 5) is 12.1. The van der Waals surface area contributed by atoms with Crippen LogP contribution >= 0.6 is 0 Å². The molecule has 1 aromatic carbocycles. The van der Waals surface area contributed by atoms with Crippen LogP contribution in [0.3, 0.4) is 0 Å². The van der Waals surface area contributed by atoms with Crippen molar-refractivity contribution in [3.63, 3.8) is 0 Å². The Morgan fingerprint density at radius 1 is 1.24 bits per heavy atom. The summed E-state index contributed by atoms with van der Waals surface area (Å²) >= 11 is 0. The number of carbonyl (C=O) groups is 1. The average Bonchev–Trinajstić information content (AvgIpc) is 3.03. The lowest BCUT2D eigenvalue weighted by atomic mass is 10.2. The van der Waals surface area contributed by atoms with Crippen LogP contribution in [-0.2, 0) is 6.18 Å².